The van der Waals surface area contributed by atoms with Gasteiger partial charge in [-0.2, -0.15) is 0 Å². The maximum Gasteiger partial charge on any atom is 0.341 e. The number of aromatic nitrogens is 1. The number of carbonyl (C=O) groups excluding carboxylic acids is 1. The highest BCUT2D eigenvalue weighted by molar-refractivity contribution is 5.95. The second-order valence-electron chi connectivity index (χ2n) is 4.83. The second kappa shape index (κ2) is 4.57. The molecule has 1 aromatic rings. The molecule has 2 bridgehead atoms. The van der Waals surface area contributed by atoms with Gasteiger partial charge in [0, 0.05) is 37.6 Å². The van der Waals surface area contributed by atoms with Crippen molar-refractivity contribution in [3.05, 3.63) is 24.0 Å². The van der Waals surface area contributed by atoms with Crippen molar-refractivity contribution in [1.82, 2.24) is 10.3 Å². The number of methoxy groups -OCH3 is 1. The van der Waals surface area contributed by atoms with Crippen LogP contribution in [-0.4, -0.2) is 43.2 Å². The zero-order chi connectivity index (χ0) is 12.5. The SMILES string of the molecule is COC(=O)c1cnccc1N1C2CCC1CNC2. The summed E-state index contributed by atoms with van der Waals surface area (Å²) in [5.41, 5.74) is 1.53. The van der Waals surface area contributed by atoms with Gasteiger partial charge in [-0.3, -0.25) is 4.98 Å². The molecule has 0 aromatic carbocycles. The van der Waals surface area contributed by atoms with Crippen molar-refractivity contribution in [2.45, 2.75) is 24.9 Å². The van der Waals surface area contributed by atoms with E-state index in [0.29, 0.717) is 17.6 Å². The minimum atomic E-state index is -0.309. The van der Waals surface area contributed by atoms with Crippen LogP contribution in [0.2, 0.25) is 0 Å². The Morgan fingerprint density at radius 2 is 2.17 bits per heavy atom. The van der Waals surface area contributed by atoms with Crippen LogP contribution in [0.5, 0.6) is 0 Å². The highest BCUT2D eigenvalue weighted by atomic mass is 16.5. The number of piperazine rings is 1. The third-order valence-electron chi connectivity index (χ3n) is 3.86. The molecule has 2 fully saturated rings. The first-order valence-corrected chi connectivity index (χ1v) is 6.32. The quantitative estimate of drug-likeness (QED) is 0.784. The number of hydrogen-bond acceptors (Lipinski definition) is 5. The Bertz CT molecular complexity index is 447. The normalized spacial score (nSPS) is 26.2. The Morgan fingerprint density at radius 3 is 2.83 bits per heavy atom. The summed E-state index contributed by atoms with van der Waals surface area (Å²) < 4.78 is 4.84. The third kappa shape index (κ3) is 1.75. The van der Waals surface area contributed by atoms with Crippen LogP contribution in [0.1, 0.15) is 23.2 Å². The first-order valence-electron chi connectivity index (χ1n) is 6.32. The van der Waals surface area contributed by atoms with Crippen molar-refractivity contribution in [1.29, 1.82) is 0 Å². The first-order chi connectivity index (χ1) is 8.81. The highest BCUT2D eigenvalue weighted by Crippen LogP contribution is 2.34. The van der Waals surface area contributed by atoms with E-state index in [4.69, 9.17) is 4.74 Å². The molecule has 3 heterocycles. The zero-order valence-electron chi connectivity index (χ0n) is 10.4. The molecule has 2 aliphatic rings. The Hall–Kier alpha value is -1.62. The van der Waals surface area contributed by atoms with Gasteiger partial charge >= 0.3 is 5.97 Å². The highest BCUT2D eigenvalue weighted by Gasteiger charge is 2.38. The fourth-order valence-corrected chi connectivity index (χ4v) is 3.05. The first kappa shape index (κ1) is 11.5. The molecule has 18 heavy (non-hydrogen) atoms. The fourth-order valence-electron chi connectivity index (χ4n) is 3.05. The summed E-state index contributed by atoms with van der Waals surface area (Å²) in [6.45, 7) is 1.97. The van der Waals surface area contributed by atoms with Crippen LogP contribution < -0.4 is 10.2 Å². The molecule has 0 amide bonds. The molecule has 2 unspecified atom stereocenters. The molecule has 3 rings (SSSR count). The molecule has 1 aromatic heterocycles. The Kier molecular flexibility index (Phi) is 2.91. The topological polar surface area (TPSA) is 54.5 Å². The van der Waals surface area contributed by atoms with Gasteiger partial charge in [-0.15, -0.1) is 0 Å². The van der Waals surface area contributed by atoms with E-state index in [1.807, 2.05) is 6.07 Å². The predicted octanol–water partition coefficient (Wildman–Crippen LogP) is 0.809. The van der Waals surface area contributed by atoms with Gasteiger partial charge in [0.15, 0.2) is 0 Å². The summed E-state index contributed by atoms with van der Waals surface area (Å²) in [5.74, 6) is -0.309. The second-order valence-corrected chi connectivity index (χ2v) is 4.83. The van der Waals surface area contributed by atoms with Gasteiger partial charge in [0.1, 0.15) is 5.56 Å². The largest absolute Gasteiger partial charge is 0.465 e. The van der Waals surface area contributed by atoms with E-state index in [-0.39, 0.29) is 5.97 Å². The van der Waals surface area contributed by atoms with Gasteiger partial charge in [-0.05, 0) is 18.9 Å². The van der Waals surface area contributed by atoms with Gasteiger partial charge in [0.2, 0.25) is 0 Å². The molecule has 2 atom stereocenters. The van der Waals surface area contributed by atoms with Gasteiger partial charge in [0.25, 0.3) is 0 Å². The van der Waals surface area contributed by atoms with E-state index >= 15 is 0 Å². The smallest absolute Gasteiger partial charge is 0.341 e. The molecular formula is C13H17N3O2. The summed E-state index contributed by atoms with van der Waals surface area (Å²) in [6.07, 6.45) is 5.70. The van der Waals surface area contributed by atoms with Crippen molar-refractivity contribution in [2.75, 3.05) is 25.1 Å². The third-order valence-corrected chi connectivity index (χ3v) is 3.86. The molecule has 5 nitrogen and oxygen atoms in total. The molecule has 96 valence electrons. The molecule has 5 heteroatoms. The molecule has 0 saturated carbocycles. The average Bonchev–Trinajstić information content (AvgIpc) is 2.67. The molecular weight excluding hydrogens is 230 g/mol. The summed E-state index contributed by atoms with van der Waals surface area (Å²) in [4.78, 5) is 18.2. The lowest BCUT2D eigenvalue weighted by Gasteiger charge is -2.37. The van der Waals surface area contributed by atoms with E-state index in [9.17, 15) is 4.79 Å². The van der Waals surface area contributed by atoms with E-state index in [2.05, 4.69) is 15.2 Å². The number of pyridine rings is 1. The Morgan fingerprint density at radius 1 is 1.44 bits per heavy atom. The van der Waals surface area contributed by atoms with E-state index in [1.54, 1.807) is 12.4 Å². The zero-order valence-corrected chi connectivity index (χ0v) is 10.4. The minimum absolute atomic E-state index is 0.309. The lowest BCUT2D eigenvalue weighted by Crippen LogP contribution is -2.52. The average molecular weight is 247 g/mol. The van der Waals surface area contributed by atoms with Crippen LogP contribution in [0.4, 0.5) is 5.69 Å². The molecule has 0 aliphatic carbocycles. The summed E-state index contributed by atoms with van der Waals surface area (Å²) in [6, 6.07) is 2.88. The number of rotatable bonds is 2. The number of fused-ring (bicyclic) bond motifs is 2. The maximum absolute atomic E-state index is 11.8. The maximum atomic E-state index is 11.8. The number of ether oxygens (including phenoxy) is 1. The van der Waals surface area contributed by atoms with Crippen molar-refractivity contribution in [3.63, 3.8) is 0 Å². The van der Waals surface area contributed by atoms with Crippen molar-refractivity contribution < 1.29 is 9.53 Å². The summed E-state index contributed by atoms with van der Waals surface area (Å²) >= 11 is 0. The van der Waals surface area contributed by atoms with Crippen molar-refractivity contribution in [2.24, 2.45) is 0 Å². The minimum Gasteiger partial charge on any atom is -0.465 e. The van der Waals surface area contributed by atoms with E-state index in [0.717, 1.165) is 18.8 Å². The van der Waals surface area contributed by atoms with Crippen LogP contribution in [0.3, 0.4) is 0 Å². The number of nitrogens with one attached hydrogen (secondary N) is 1. The lowest BCUT2D eigenvalue weighted by molar-refractivity contribution is 0.0601. The number of nitrogens with zero attached hydrogens (tertiary/aromatic N) is 2. The predicted molar refractivity (Wildman–Crippen MR) is 67.7 cm³/mol. The van der Waals surface area contributed by atoms with E-state index in [1.165, 1.54) is 20.0 Å². The molecule has 1 N–H and O–H groups in total. The van der Waals surface area contributed by atoms with Crippen LogP contribution in [-0.2, 0) is 4.74 Å². The van der Waals surface area contributed by atoms with Gasteiger partial charge in [-0.1, -0.05) is 0 Å². The van der Waals surface area contributed by atoms with Gasteiger partial charge in [-0.25, -0.2) is 4.79 Å². The molecule has 0 radical (unpaired) electrons. The van der Waals surface area contributed by atoms with Crippen molar-refractivity contribution >= 4 is 11.7 Å². The van der Waals surface area contributed by atoms with Crippen LogP contribution in [0.25, 0.3) is 0 Å². The van der Waals surface area contributed by atoms with Crippen LogP contribution in [0.15, 0.2) is 18.5 Å². The van der Waals surface area contributed by atoms with E-state index < -0.39 is 0 Å². The Labute approximate surface area is 106 Å². The molecule has 2 aliphatic heterocycles. The summed E-state index contributed by atoms with van der Waals surface area (Å²) in [5, 5.41) is 3.44. The van der Waals surface area contributed by atoms with Crippen molar-refractivity contribution in [3.8, 4) is 0 Å². The monoisotopic (exact) mass is 247 g/mol. The molecule has 0 spiro atoms. The van der Waals surface area contributed by atoms with Gasteiger partial charge < -0.3 is 15.0 Å². The molecule has 2 saturated heterocycles. The lowest BCUT2D eigenvalue weighted by atomic mass is 10.1. The number of esters is 1. The summed E-state index contributed by atoms with van der Waals surface area (Å²) in [7, 11) is 1.41. The van der Waals surface area contributed by atoms with Gasteiger partial charge in [0.05, 0.1) is 12.8 Å². The van der Waals surface area contributed by atoms with Crippen LogP contribution >= 0.6 is 0 Å². The number of anilines is 1. The standard InChI is InChI=1S/C13H17N3O2/c1-18-13(17)11-8-14-5-4-12(11)16-9-2-3-10(16)7-15-6-9/h4-5,8-10,15H,2-3,6-7H2,1H3. The number of hydrogen-bond donors (Lipinski definition) is 1. The van der Waals surface area contributed by atoms with Crippen LogP contribution in [0, 0.1) is 0 Å². The number of carbonyl (C=O) groups is 1. The Balaban J connectivity index is 1.99. The fraction of sp³-hybridized carbons (Fsp3) is 0.538.